The second kappa shape index (κ2) is 8.47. The molecular formula is C18H27F2N. The van der Waals surface area contributed by atoms with Gasteiger partial charge in [0.25, 0.3) is 0 Å². The van der Waals surface area contributed by atoms with Crippen LogP contribution in [-0.2, 0) is 6.42 Å². The van der Waals surface area contributed by atoms with Gasteiger partial charge in [-0.1, -0.05) is 44.7 Å². The summed E-state index contributed by atoms with van der Waals surface area (Å²) in [5, 5.41) is 3.50. The van der Waals surface area contributed by atoms with Crippen LogP contribution in [0.1, 0.15) is 57.4 Å². The third kappa shape index (κ3) is 5.06. The average Bonchev–Trinajstić information content (AvgIpc) is 2.99. The maximum absolute atomic E-state index is 13.8. The van der Waals surface area contributed by atoms with Crippen molar-refractivity contribution >= 4 is 0 Å². The first-order valence-corrected chi connectivity index (χ1v) is 8.37. The molecule has 0 radical (unpaired) electrons. The standard InChI is InChI=1S/C18H27F2N/c1-2-12-21-16(11-10-14-6-3-4-7-14)13-15-8-5-9-17(19)18(15)20/h5,8-9,14,16,21H,2-4,6-7,10-13H2,1H3. The van der Waals surface area contributed by atoms with Crippen molar-refractivity contribution in [3.8, 4) is 0 Å². The Morgan fingerprint density at radius 1 is 1.24 bits per heavy atom. The molecule has 0 aromatic heterocycles. The van der Waals surface area contributed by atoms with E-state index < -0.39 is 11.6 Å². The minimum atomic E-state index is -0.738. The Morgan fingerprint density at radius 3 is 2.71 bits per heavy atom. The summed E-state index contributed by atoms with van der Waals surface area (Å²) in [5.74, 6) is -0.576. The molecule has 1 aromatic carbocycles. The normalized spacial score (nSPS) is 17.3. The molecule has 1 N–H and O–H groups in total. The maximum Gasteiger partial charge on any atom is 0.162 e. The number of rotatable bonds is 8. The Morgan fingerprint density at radius 2 is 2.00 bits per heavy atom. The van der Waals surface area contributed by atoms with Crippen LogP contribution in [0.2, 0.25) is 0 Å². The lowest BCUT2D eigenvalue weighted by molar-refractivity contribution is 0.396. The fraction of sp³-hybridized carbons (Fsp3) is 0.667. The van der Waals surface area contributed by atoms with E-state index in [1.807, 2.05) is 0 Å². The van der Waals surface area contributed by atoms with E-state index in [0.717, 1.165) is 25.3 Å². The number of halogens is 2. The zero-order valence-corrected chi connectivity index (χ0v) is 13.0. The molecule has 1 aliphatic carbocycles. The summed E-state index contributed by atoms with van der Waals surface area (Å²) in [4.78, 5) is 0. The Bertz CT molecular complexity index is 427. The van der Waals surface area contributed by atoms with Gasteiger partial charge < -0.3 is 5.32 Å². The van der Waals surface area contributed by atoms with E-state index in [1.165, 1.54) is 38.2 Å². The van der Waals surface area contributed by atoms with Crippen molar-refractivity contribution < 1.29 is 8.78 Å². The second-order valence-electron chi connectivity index (χ2n) is 6.30. The molecule has 1 aliphatic rings. The topological polar surface area (TPSA) is 12.0 Å². The zero-order valence-electron chi connectivity index (χ0n) is 13.0. The SMILES string of the molecule is CCCNC(CCC1CCCC1)Cc1cccc(F)c1F. The van der Waals surface area contributed by atoms with Gasteiger partial charge in [0.1, 0.15) is 0 Å². The smallest absolute Gasteiger partial charge is 0.162 e. The summed E-state index contributed by atoms with van der Waals surface area (Å²) in [6, 6.07) is 4.74. The van der Waals surface area contributed by atoms with E-state index >= 15 is 0 Å². The molecular weight excluding hydrogens is 268 g/mol. The first-order valence-electron chi connectivity index (χ1n) is 8.37. The Hall–Kier alpha value is -0.960. The van der Waals surface area contributed by atoms with Crippen molar-refractivity contribution in [1.82, 2.24) is 5.32 Å². The lowest BCUT2D eigenvalue weighted by atomic mass is 9.94. The number of hydrogen-bond acceptors (Lipinski definition) is 1. The molecule has 0 aliphatic heterocycles. The molecule has 2 rings (SSSR count). The van der Waals surface area contributed by atoms with Crippen molar-refractivity contribution in [2.24, 2.45) is 5.92 Å². The summed E-state index contributed by atoms with van der Waals surface area (Å²) in [6.07, 6.45) is 9.30. The van der Waals surface area contributed by atoms with E-state index in [9.17, 15) is 8.78 Å². The lowest BCUT2D eigenvalue weighted by Gasteiger charge is -2.21. The van der Waals surface area contributed by atoms with Crippen LogP contribution in [0.15, 0.2) is 18.2 Å². The molecule has 1 atom stereocenters. The molecule has 1 aromatic rings. The van der Waals surface area contributed by atoms with Crippen LogP contribution in [0, 0.1) is 17.6 Å². The predicted octanol–water partition coefficient (Wildman–Crippen LogP) is 4.85. The molecule has 0 amide bonds. The fourth-order valence-corrected chi connectivity index (χ4v) is 3.33. The summed E-state index contributed by atoms with van der Waals surface area (Å²) >= 11 is 0. The first kappa shape index (κ1) is 16.4. The lowest BCUT2D eigenvalue weighted by Crippen LogP contribution is -2.32. The van der Waals surface area contributed by atoms with Gasteiger partial charge in [-0.05, 0) is 49.8 Å². The van der Waals surface area contributed by atoms with Crippen molar-refractivity contribution in [1.29, 1.82) is 0 Å². The number of nitrogens with one attached hydrogen (secondary N) is 1. The molecule has 0 heterocycles. The third-order valence-corrected chi connectivity index (χ3v) is 4.58. The quantitative estimate of drug-likeness (QED) is 0.723. The van der Waals surface area contributed by atoms with E-state index in [-0.39, 0.29) is 6.04 Å². The highest BCUT2D eigenvalue weighted by Crippen LogP contribution is 2.29. The highest BCUT2D eigenvalue weighted by atomic mass is 19.2. The van der Waals surface area contributed by atoms with Crippen molar-refractivity contribution in [2.45, 2.75) is 64.3 Å². The van der Waals surface area contributed by atoms with Gasteiger partial charge in [0, 0.05) is 6.04 Å². The Labute approximate surface area is 127 Å². The van der Waals surface area contributed by atoms with Crippen LogP contribution >= 0.6 is 0 Å². The highest BCUT2D eigenvalue weighted by Gasteiger charge is 2.19. The largest absolute Gasteiger partial charge is 0.314 e. The van der Waals surface area contributed by atoms with Gasteiger partial charge in [0.2, 0.25) is 0 Å². The third-order valence-electron chi connectivity index (χ3n) is 4.58. The van der Waals surface area contributed by atoms with Crippen LogP contribution in [0.3, 0.4) is 0 Å². The summed E-state index contributed by atoms with van der Waals surface area (Å²) < 4.78 is 27.1. The molecule has 21 heavy (non-hydrogen) atoms. The van der Waals surface area contributed by atoms with Gasteiger partial charge in [0.15, 0.2) is 11.6 Å². The second-order valence-corrected chi connectivity index (χ2v) is 6.30. The van der Waals surface area contributed by atoms with E-state index in [0.29, 0.717) is 12.0 Å². The monoisotopic (exact) mass is 295 g/mol. The van der Waals surface area contributed by atoms with Crippen LogP contribution in [0.25, 0.3) is 0 Å². The van der Waals surface area contributed by atoms with Crippen LogP contribution < -0.4 is 5.32 Å². The van der Waals surface area contributed by atoms with Gasteiger partial charge in [-0.25, -0.2) is 8.78 Å². The Balaban J connectivity index is 1.92. The van der Waals surface area contributed by atoms with Crippen molar-refractivity contribution in [2.75, 3.05) is 6.54 Å². The Kier molecular flexibility index (Phi) is 6.62. The minimum absolute atomic E-state index is 0.252. The molecule has 1 fully saturated rings. The van der Waals surface area contributed by atoms with Crippen LogP contribution in [-0.4, -0.2) is 12.6 Å². The predicted molar refractivity (Wildman–Crippen MR) is 83.3 cm³/mol. The van der Waals surface area contributed by atoms with Gasteiger partial charge in [-0.2, -0.15) is 0 Å². The fourth-order valence-electron chi connectivity index (χ4n) is 3.33. The van der Waals surface area contributed by atoms with E-state index in [1.54, 1.807) is 12.1 Å². The van der Waals surface area contributed by atoms with E-state index in [2.05, 4.69) is 12.2 Å². The number of hydrogen-bond donors (Lipinski definition) is 1. The average molecular weight is 295 g/mol. The molecule has 1 nitrogen and oxygen atoms in total. The van der Waals surface area contributed by atoms with Crippen molar-refractivity contribution in [3.63, 3.8) is 0 Å². The molecule has 0 bridgehead atoms. The summed E-state index contributed by atoms with van der Waals surface area (Å²) in [7, 11) is 0. The highest BCUT2D eigenvalue weighted by molar-refractivity contribution is 5.20. The van der Waals surface area contributed by atoms with Crippen molar-refractivity contribution in [3.05, 3.63) is 35.4 Å². The molecule has 1 saturated carbocycles. The van der Waals surface area contributed by atoms with Gasteiger partial charge >= 0.3 is 0 Å². The first-order chi connectivity index (χ1) is 10.2. The molecule has 1 unspecified atom stereocenters. The summed E-state index contributed by atoms with van der Waals surface area (Å²) in [5.41, 5.74) is 0.495. The van der Waals surface area contributed by atoms with Crippen LogP contribution in [0.4, 0.5) is 8.78 Å². The van der Waals surface area contributed by atoms with Gasteiger partial charge in [0.05, 0.1) is 0 Å². The van der Waals surface area contributed by atoms with Gasteiger partial charge in [-0.3, -0.25) is 0 Å². The molecule has 0 saturated heterocycles. The van der Waals surface area contributed by atoms with Gasteiger partial charge in [-0.15, -0.1) is 0 Å². The molecule has 3 heteroatoms. The zero-order chi connectivity index (χ0) is 15.1. The number of benzene rings is 1. The molecule has 118 valence electrons. The minimum Gasteiger partial charge on any atom is -0.314 e. The summed E-state index contributed by atoms with van der Waals surface area (Å²) in [6.45, 7) is 3.07. The van der Waals surface area contributed by atoms with Crippen LogP contribution in [0.5, 0.6) is 0 Å². The van der Waals surface area contributed by atoms with E-state index in [4.69, 9.17) is 0 Å². The molecule has 0 spiro atoms. The maximum atomic E-state index is 13.8.